The minimum atomic E-state index is -0.358. The summed E-state index contributed by atoms with van der Waals surface area (Å²) in [6.07, 6.45) is 3.98. The van der Waals surface area contributed by atoms with E-state index in [1.165, 1.54) is 12.5 Å². The maximum Gasteiger partial charge on any atom is 0.220 e. The number of carbonyl (C=O) groups excluding carboxylic acids is 1. The third-order valence-corrected chi connectivity index (χ3v) is 3.53. The van der Waals surface area contributed by atoms with Gasteiger partial charge in [-0.25, -0.2) is 4.39 Å². The van der Waals surface area contributed by atoms with Crippen LogP contribution in [0.1, 0.15) is 36.8 Å². The van der Waals surface area contributed by atoms with E-state index >= 15 is 0 Å². The Bertz CT molecular complexity index is 541. The van der Waals surface area contributed by atoms with Gasteiger partial charge in [0, 0.05) is 24.1 Å². The lowest BCUT2D eigenvalue weighted by Crippen LogP contribution is -2.27. The van der Waals surface area contributed by atoms with Crippen LogP contribution in [0.5, 0.6) is 0 Å². The van der Waals surface area contributed by atoms with E-state index in [0.29, 0.717) is 23.5 Å². The first-order chi connectivity index (χ1) is 9.69. The molecular formula is C16H18FNO2. The van der Waals surface area contributed by atoms with Crippen LogP contribution in [0, 0.1) is 23.6 Å². The number of aliphatic hydroxyl groups is 1. The van der Waals surface area contributed by atoms with Crippen LogP contribution in [-0.2, 0) is 11.3 Å². The Kier molecular flexibility index (Phi) is 5.14. The number of amides is 1. The molecule has 0 unspecified atom stereocenters. The Morgan fingerprint density at radius 2 is 2.25 bits per heavy atom. The molecule has 0 bridgehead atoms. The third kappa shape index (κ3) is 4.07. The van der Waals surface area contributed by atoms with Crippen molar-refractivity contribution in [2.75, 3.05) is 6.61 Å². The molecule has 1 saturated carbocycles. The van der Waals surface area contributed by atoms with Crippen molar-refractivity contribution in [2.24, 2.45) is 5.92 Å². The van der Waals surface area contributed by atoms with E-state index in [0.717, 1.165) is 12.8 Å². The quantitative estimate of drug-likeness (QED) is 0.825. The van der Waals surface area contributed by atoms with Gasteiger partial charge in [-0.05, 0) is 37.0 Å². The molecule has 0 heterocycles. The van der Waals surface area contributed by atoms with E-state index < -0.39 is 0 Å². The minimum absolute atomic E-state index is 0.0269. The van der Waals surface area contributed by atoms with E-state index in [1.807, 2.05) is 0 Å². The van der Waals surface area contributed by atoms with Crippen LogP contribution in [0.2, 0.25) is 0 Å². The molecular weight excluding hydrogens is 257 g/mol. The second-order valence-corrected chi connectivity index (χ2v) is 5.04. The summed E-state index contributed by atoms with van der Waals surface area (Å²) in [6.45, 7) is -0.0587. The number of hydrogen-bond donors (Lipinski definition) is 2. The third-order valence-electron chi connectivity index (χ3n) is 3.53. The van der Waals surface area contributed by atoms with Gasteiger partial charge >= 0.3 is 0 Å². The molecule has 1 amide bonds. The number of hydrogen-bond acceptors (Lipinski definition) is 2. The zero-order valence-electron chi connectivity index (χ0n) is 11.3. The topological polar surface area (TPSA) is 49.3 Å². The molecule has 2 rings (SSSR count). The molecule has 1 aliphatic rings. The van der Waals surface area contributed by atoms with Crippen LogP contribution in [0.3, 0.4) is 0 Å². The predicted molar refractivity (Wildman–Crippen MR) is 74.2 cm³/mol. The molecule has 0 saturated heterocycles. The smallest absolute Gasteiger partial charge is 0.220 e. The summed E-state index contributed by atoms with van der Waals surface area (Å²) in [5.41, 5.74) is 1.04. The molecule has 0 spiro atoms. The van der Waals surface area contributed by atoms with E-state index in [9.17, 15) is 9.18 Å². The maximum atomic E-state index is 13.6. The standard InChI is InChI=1S/C16H18FNO2/c17-15-7-6-13(5-2-8-19)9-14(15)11-18-16(20)10-12-3-1-4-12/h6-7,9,12,19H,1,3-4,8,10-11H2,(H,18,20). The molecule has 20 heavy (non-hydrogen) atoms. The Morgan fingerprint density at radius 1 is 1.45 bits per heavy atom. The van der Waals surface area contributed by atoms with Crippen LogP contribution in [0.4, 0.5) is 4.39 Å². The Balaban J connectivity index is 1.92. The molecule has 0 aliphatic heterocycles. The van der Waals surface area contributed by atoms with Crippen molar-refractivity contribution < 1.29 is 14.3 Å². The van der Waals surface area contributed by atoms with Crippen LogP contribution in [0.15, 0.2) is 18.2 Å². The van der Waals surface area contributed by atoms with Crippen LogP contribution >= 0.6 is 0 Å². The Hall–Kier alpha value is -1.86. The largest absolute Gasteiger partial charge is 0.384 e. The Morgan fingerprint density at radius 3 is 2.90 bits per heavy atom. The fourth-order valence-electron chi connectivity index (χ4n) is 2.15. The van der Waals surface area contributed by atoms with Gasteiger partial charge in [-0.2, -0.15) is 0 Å². The highest BCUT2D eigenvalue weighted by molar-refractivity contribution is 5.76. The van der Waals surface area contributed by atoms with Gasteiger partial charge in [0.05, 0.1) is 0 Å². The van der Waals surface area contributed by atoms with Crippen molar-refractivity contribution in [1.82, 2.24) is 5.32 Å². The van der Waals surface area contributed by atoms with Gasteiger partial charge in [-0.15, -0.1) is 0 Å². The van der Waals surface area contributed by atoms with Crippen molar-refractivity contribution in [3.05, 3.63) is 35.1 Å². The maximum absolute atomic E-state index is 13.6. The van der Waals surface area contributed by atoms with E-state index in [-0.39, 0.29) is 24.9 Å². The summed E-state index contributed by atoms with van der Waals surface area (Å²) in [5, 5.41) is 11.4. The average molecular weight is 275 g/mol. The number of rotatable bonds is 4. The van der Waals surface area contributed by atoms with Gasteiger partial charge in [0.15, 0.2) is 0 Å². The minimum Gasteiger partial charge on any atom is -0.384 e. The average Bonchev–Trinajstić information content (AvgIpc) is 2.40. The summed E-state index contributed by atoms with van der Waals surface area (Å²) in [4.78, 5) is 11.7. The van der Waals surface area contributed by atoms with Gasteiger partial charge < -0.3 is 10.4 Å². The lowest BCUT2D eigenvalue weighted by atomic mass is 9.83. The predicted octanol–water partition coefficient (Wildman–Crippen LogP) is 1.98. The molecule has 0 atom stereocenters. The summed E-state index contributed by atoms with van der Waals surface area (Å²) < 4.78 is 13.6. The van der Waals surface area contributed by atoms with Crippen LogP contribution in [-0.4, -0.2) is 17.6 Å². The molecule has 0 radical (unpaired) electrons. The summed E-state index contributed by atoms with van der Waals surface area (Å²) in [6, 6.07) is 4.48. The zero-order chi connectivity index (χ0) is 14.4. The number of carbonyl (C=O) groups is 1. The van der Waals surface area contributed by atoms with Gasteiger partial charge in [0.1, 0.15) is 12.4 Å². The lowest BCUT2D eigenvalue weighted by Gasteiger charge is -2.24. The first-order valence-corrected chi connectivity index (χ1v) is 6.84. The Labute approximate surface area is 118 Å². The van der Waals surface area contributed by atoms with Gasteiger partial charge in [-0.3, -0.25) is 4.79 Å². The van der Waals surface area contributed by atoms with Gasteiger partial charge in [0.2, 0.25) is 5.91 Å². The van der Waals surface area contributed by atoms with Crippen molar-refractivity contribution in [2.45, 2.75) is 32.2 Å². The van der Waals surface area contributed by atoms with Crippen molar-refractivity contribution in [1.29, 1.82) is 0 Å². The van der Waals surface area contributed by atoms with Crippen LogP contribution in [0.25, 0.3) is 0 Å². The number of benzene rings is 1. The van der Waals surface area contributed by atoms with Crippen LogP contribution < -0.4 is 5.32 Å². The second kappa shape index (κ2) is 7.06. The molecule has 1 aliphatic carbocycles. The van der Waals surface area contributed by atoms with E-state index in [2.05, 4.69) is 17.2 Å². The highest BCUT2D eigenvalue weighted by Crippen LogP contribution is 2.29. The molecule has 4 heteroatoms. The molecule has 1 aromatic carbocycles. The molecule has 1 aromatic rings. The normalized spacial score (nSPS) is 14.1. The first kappa shape index (κ1) is 14.5. The van der Waals surface area contributed by atoms with Crippen molar-refractivity contribution in [3.8, 4) is 11.8 Å². The number of nitrogens with one attached hydrogen (secondary N) is 1. The molecule has 0 aromatic heterocycles. The van der Waals surface area contributed by atoms with Crippen molar-refractivity contribution >= 4 is 5.91 Å². The molecule has 1 fully saturated rings. The van der Waals surface area contributed by atoms with E-state index in [1.54, 1.807) is 12.1 Å². The highest BCUT2D eigenvalue weighted by Gasteiger charge is 2.20. The van der Waals surface area contributed by atoms with Gasteiger partial charge in [0.25, 0.3) is 0 Å². The fourth-order valence-corrected chi connectivity index (χ4v) is 2.15. The molecule has 2 N–H and O–H groups in total. The van der Waals surface area contributed by atoms with Crippen molar-refractivity contribution in [3.63, 3.8) is 0 Å². The van der Waals surface area contributed by atoms with Gasteiger partial charge in [-0.1, -0.05) is 18.3 Å². The van der Waals surface area contributed by atoms with E-state index in [4.69, 9.17) is 5.11 Å². The lowest BCUT2D eigenvalue weighted by molar-refractivity contribution is -0.122. The summed E-state index contributed by atoms with van der Waals surface area (Å²) in [5.74, 6) is 5.35. The fraction of sp³-hybridized carbons (Fsp3) is 0.438. The number of aliphatic hydroxyl groups excluding tert-OH is 1. The summed E-state index contributed by atoms with van der Waals surface area (Å²) in [7, 11) is 0. The monoisotopic (exact) mass is 275 g/mol. The number of halogens is 1. The highest BCUT2D eigenvalue weighted by atomic mass is 19.1. The summed E-state index contributed by atoms with van der Waals surface area (Å²) >= 11 is 0. The zero-order valence-corrected chi connectivity index (χ0v) is 11.3. The first-order valence-electron chi connectivity index (χ1n) is 6.84. The second-order valence-electron chi connectivity index (χ2n) is 5.04. The molecule has 3 nitrogen and oxygen atoms in total. The molecule has 106 valence electrons. The SMILES string of the molecule is O=C(CC1CCC1)NCc1cc(C#CCO)ccc1F.